The molecule has 20 heavy (non-hydrogen) atoms. The molecule has 5 heteroatoms. The fourth-order valence-corrected chi connectivity index (χ4v) is 3.44. The van der Waals surface area contributed by atoms with Crippen molar-refractivity contribution in [3.05, 3.63) is 45.2 Å². The number of anilines is 1. The van der Waals surface area contributed by atoms with E-state index in [2.05, 4.69) is 46.0 Å². The van der Waals surface area contributed by atoms with Gasteiger partial charge in [-0.05, 0) is 43.2 Å². The molecule has 0 spiro atoms. The molecule has 3 aromatic rings. The molecule has 0 saturated heterocycles. The zero-order chi connectivity index (χ0) is 14.3. The summed E-state index contributed by atoms with van der Waals surface area (Å²) in [7, 11) is 0. The number of aromatic amines is 1. The van der Waals surface area contributed by atoms with Crippen molar-refractivity contribution < 1.29 is 0 Å². The lowest BCUT2D eigenvalue weighted by molar-refractivity contribution is 1.11. The van der Waals surface area contributed by atoms with E-state index in [1.54, 1.807) is 11.3 Å². The van der Waals surface area contributed by atoms with E-state index in [0.717, 1.165) is 21.3 Å². The van der Waals surface area contributed by atoms with Crippen molar-refractivity contribution in [2.24, 2.45) is 0 Å². The quantitative estimate of drug-likeness (QED) is 0.701. The number of nitrogens with zero attached hydrogens (tertiary/aromatic N) is 1. The summed E-state index contributed by atoms with van der Waals surface area (Å²) in [5, 5.41) is 7.25. The second-order valence-electron chi connectivity index (χ2n) is 4.72. The van der Waals surface area contributed by atoms with Crippen LogP contribution in [0.2, 0.25) is 0 Å². The van der Waals surface area contributed by atoms with E-state index in [0.29, 0.717) is 5.82 Å². The standard InChI is InChI=1S/C15H14BrN3S/c1-8-7-12(20-9(8)2)14-13(15(17)19-18-14)10-3-5-11(16)6-4-10/h3-7H,1-2H3,(H3,17,18,19). The Morgan fingerprint density at radius 3 is 2.50 bits per heavy atom. The van der Waals surface area contributed by atoms with Gasteiger partial charge in [-0.3, -0.25) is 5.10 Å². The van der Waals surface area contributed by atoms with Crippen LogP contribution in [-0.4, -0.2) is 10.2 Å². The van der Waals surface area contributed by atoms with Gasteiger partial charge in [0.25, 0.3) is 0 Å². The minimum absolute atomic E-state index is 0.533. The summed E-state index contributed by atoms with van der Waals surface area (Å²) in [5.41, 5.74) is 10.4. The number of hydrogen-bond donors (Lipinski definition) is 2. The molecule has 0 aliphatic carbocycles. The molecule has 0 aliphatic heterocycles. The van der Waals surface area contributed by atoms with Crippen molar-refractivity contribution in [3.8, 4) is 21.7 Å². The maximum Gasteiger partial charge on any atom is 0.153 e. The second kappa shape index (κ2) is 5.07. The summed E-state index contributed by atoms with van der Waals surface area (Å²) in [6, 6.07) is 10.3. The Kier molecular flexibility index (Phi) is 3.40. The highest BCUT2D eigenvalue weighted by Crippen LogP contribution is 2.39. The molecule has 0 amide bonds. The normalized spacial score (nSPS) is 10.9. The lowest BCUT2D eigenvalue weighted by Crippen LogP contribution is -1.88. The highest BCUT2D eigenvalue weighted by atomic mass is 79.9. The summed E-state index contributed by atoms with van der Waals surface area (Å²) < 4.78 is 1.05. The van der Waals surface area contributed by atoms with E-state index in [1.807, 2.05) is 24.3 Å². The van der Waals surface area contributed by atoms with Crippen molar-refractivity contribution in [2.45, 2.75) is 13.8 Å². The minimum atomic E-state index is 0.533. The Morgan fingerprint density at radius 2 is 1.90 bits per heavy atom. The van der Waals surface area contributed by atoms with Crippen molar-refractivity contribution in [1.82, 2.24) is 10.2 Å². The van der Waals surface area contributed by atoms with Gasteiger partial charge in [-0.1, -0.05) is 28.1 Å². The monoisotopic (exact) mass is 347 g/mol. The van der Waals surface area contributed by atoms with Gasteiger partial charge >= 0.3 is 0 Å². The Bertz CT molecular complexity index is 737. The maximum absolute atomic E-state index is 6.04. The predicted octanol–water partition coefficient (Wildman–Crippen LogP) is 4.77. The fourth-order valence-electron chi connectivity index (χ4n) is 2.14. The molecule has 2 heterocycles. The Balaban J connectivity index is 2.16. The molecule has 0 aliphatic rings. The Hall–Kier alpha value is -1.59. The first-order valence-corrected chi connectivity index (χ1v) is 7.84. The largest absolute Gasteiger partial charge is 0.382 e. The number of nitrogen functional groups attached to an aromatic ring is 1. The van der Waals surface area contributed by atoms with Crippen LogP contribution in [0.1, 0.15) is 10.4 Å². The molecule has 0 saturated carbocycles. The van der Waals surface area contributed by atoms with Gasteiger partial charge in [0.05, 0.1) is 16.1 Å². The summed E-state index contributed by atoms with van der Waals surface area (Å²) in [6.07, 6.45) is 0. The molecule has 102 valence electrons. The molecule has 0 atom stereocenters. The van der Waals surface area contributed by atoms with Crippen molar-refractivity contribution in [3.63, 3.8) is 0 Å². The summed E-state index contributed by atoms with van der Waals surface area (Å²) in [5.74, 6) is 0.533. The molecule has 0 unspecified atom stereocenters. The third-order valence-corrected chi connectivity index (χ3v) is 5.04. The minimum Gasteiger partial charge on any atom is -0.382 e. The van der Waals surface area contributed by atoms with Crippen LogP contribution in [0.15, 0.2) is 34.8 Å². The summed E-state index contributed by atoms with van der Waals surface area (Å²) in [6.45, 7) is 4.25. The maximum atomic E-state index is 6.04. The first kappa shape index (κ1) is 13.4. The molecule has 0 bridgehead atoms. The average Bonchev–Trinajstić information content (AvgIpc) is 2.95. The van der Waals surface area contributed by atoms with Crippen molar-refractivity contribution in [2.75, 3.05) is 5.73 Å². The smallest absolute Gasteiger partial charge is 0.153 e. The topological polar surface area (TPSA) is 54.7 Å². The second-order valence-corrected chi connectivity index (χ2v) is 6.89. The number of thiophene rings is 1. The predicted molar refractivity (Wildman–Crippen MR) is 88.9 cm³/mol. The van der Waals surface area contributed by atoms with Gasteiger partial charge in [-0.25, -0.2) is 0 Å². The van der Waals surface area contributed by atoms with E-state index >= 15 is 0 Å². The lowest BCUT2D eigenvalue weighted by atomic mass is 10.0. The first-order valence-electron chi connectivity index (χ1n) is 6.23. The number of aryl methyl sites for hydroxylation is 2. The van der Waals surface area contributed by atoms with Crippen LogP contribution in [0.25, 0.3) is 21.7 Å². The summed E-state index contributed by atoms with van der Waals surface area (Å²) in [4.78, 5) is 2.48. The van der Waals surface area contributed by atoms with E-state index in [-0.39, 0.29) is 0 Å². The number of nitrogens with one attached hydrogen (secondary N) is 1. The van der Waals surface area contributed by atoms with Crippen LogP contribution in [0, 0.1) is 13.8 Å². The average molecular weight is 348 g/mol. The molecule has 3 N–H and O–H groups in total. The van der Waals surface area contributed by atoms with Gasteiger partial charge in [0.15, 0.2) is 5.82 Å². The number of rotatable bonds is 2. The molecule has 1 aromatic carbocycles. The van der Waals surface area contributed by atoms with Gasteiger partial charge in [0, 0.05) is 9.35 Å². The Morgan fingerprint density at radius 1 is 1.20 bits per heavy atom. The van der Waals surface area contributed by atoms with Crippen LogP contribution in [0.4, 0.5) is 5.82 Å². The zero-order valence-electron chi connectivity index (χ0n) is 11.2. The lowest BCUT2D eigenvalue weighted by Gasteiger charge is -2.03. The van der Waals surface area contributed by atoms with E-state index in [4.69, 9.17) is 5.73 Å². The highest BCUT2D eigenvalue weighted by molar-refractivity contribution is 9.10. The van der Waals surface area contributed by atoms with Crippen LogP contribution < -0.4 is 5.73 Å². The van der Waals surface area contributed by atoms with Gasteiger partial charge in [-0.15, -0.1) is 11.3 Å². The number of nitrogens with two attached hydrogens (primary N) is 1. The van der Waals surface area contributed by atoms with Gasteiger partial charge in [0.2, 0.25) is 0 Å². The molecule has 3 nitrogen and oxygen atoms in total. The van der Waals surface area contributed by atoms with Crippen LogP contribution in [0.5, 0.6) is 0 Å². The van der Waals surface area contributed by atoms with Crippen LogP contribution in [-0.2, 0) is 0 Å². The highest BCUT2D eigenvalue weighted by Gasteiger charge is 2.16. The molecule has 2 aromatic heterocycles. The third kappa shape index (κ3) is 2.27. The molecular weight excluding hydrogens is 334 g/mol. The fraction of sp³-hybridized carbons (Fsp3) is 0.133. The SMILES string of the molecule is Cc1cc(-c2[nH]nc(N)c2-c2ccc(Br)cc2)sc1C. The van der Waals surface area contributed by atoms with Gasteiger partial charge in [0.1, 0.15) is 0 Å². The number of H-pyrrole nitrogens is 1. The van der Waals surface area contributed by atoms with Crippen molar-refractivity contribution >= 4 is 33.1 Å². The number of halogens is 1. The Labute approximate surface area is 130 Å². The molecule has 3 rings (SSSR count). The van der Waals surface area contributed by atoms with E-state index < -0.39 is 0 Å². The van der Waals surface area contributed by atoms with E-state index in [9.17, 15) is 0 Å². The van der Waals surface area contributed by atoms with Crippen molar-refractivity contribution in [1.29, 1.82) is 0 Å². The molecule has 0 radical (unpaired) electrons. The number of hydrogen-bond acceptors (Lipinski definition) is 3. The molecule has 0 fully saturated rings. The van der Waals surface area contributed by atoms with Crippen LogP contribution >= 0.6 is 27.3 Å². The van der Waals surface area contributed by atoms with Crippen LogP contribution in [0.3, 0.4) is 0 Å². The van der Waals surface area contributed by atoms with E-state index in [1.165, 1.54) is 15.3 Å². The first-order chi connectivity index (χ1) is 9.56. The van der Waals surface area contributed by atoms with Gasteiger partial charge < -0.3 is 5.73 Å². The number of benzene rings is 1. The molecular formula is C15H14BrN3S. The summed E-state index contributed by atoms with van der Waals surface area (Å²) >= 11 is 5.21. The van der Waals surface area contributed by atoms with Gasteiger partial charge in [-0.2, -0.15) is 5.10 Å². The number of aromatic nitrogens is 2. The zero-order valence-corrected chi connectivity index (χ0v) is 13.6. The third-order valence-electron chi connectivity index (χ3n) is 3.34.